The quantitative estimate of drug-likeness (QED) is 0.875. The summed E-state index contributed by atoms with van der Waals surface area (Å²) in [5.41, 5.74) is -1.25. The number of nitrogens with zero attached hydrogens (tertiary/aromatic N) is 1. The van der Waals surface area contributed by atoms with Crippen molar-refractivity contribution in [2.24, 2.45) is 0 Å². The molecule has 2 atom stereocenters. The maximum Gasteiger partial charge on any atom is 0.257 e. The van der Waals surface area contributed by atoms with E-state index in [1.807, 2.05) is 6.07 Å². The number of rotatable bonds is 4. The third-order valence-electron chi connectivity index (χ3n) is 2.73. The predicted molar refractivity (Wildman–Crippen MR) is 68.9 cm³/mol. The largest absolute Gasteiger partial charge is 0.375 e. The summed E-state index contributed by atoms with van der Waals surface area (Å²) >= 11 is 5.85. The highest BCUT2D eigenvalue weighted by molar-refractivity contribution is 6.30. The van der Waals surface area contributed by atoms with E-state index in [0.717, 1.165) is 0 Å². The van der Waals surface area contributed by atoms with E-state index in [2.05, 4.69) is 5.32 Å². The molecule has 2 N–H and O–H groups in total. The average Bonchev–Trinajstić information content (AvgIpc) is 2.37. The van der Waals surface area contributed by atoms with Crippen LogP contribution in [0.2, 0.25) is 5.02 Å². The van der Waals surface area contributed by atoms with Gasteiger partial charge in [-0.3, -0.25) is 4.79 Å². The van der Waals surface area contributed by atoms with Crippen molar-refractivity contribution in [1.82, 2.24) is 5.32 Å². The van der Waals surface area contributed by atoms with Crippen molar-refractivity contribution >= 4 is 17.5 Å². The second-order valence-corrected chi connectivity index (χ2v) is 4.48. The normalized spacial score (nSPS) is 15.3. The molecule has 0 fully saturated rings. The number of amides is 1. The first-order valence-electron chi connectivity index (χ1n) is 5.63. The molecule has 0 radical (unpaired) electrons. The van der Waals surface area contributed by atoms with E-state index in [1.165, 1.54) is 0 Å². The van der Waals surface area contributed by atoms with Crippen LogP contribution in [0.5, 0.6) is 0 Å². The Kier molecular flexibility index (Phi) is 4.71. The summed E-state index contributed by atoms with van der Waals surface area (Å²) in [6.07, 6.45) is 0.192. The first-order chi connectivity index (χ1) is 8.43. The van der Waals surface area contributed by atoms with Crippen LogP contribution >= 0.6 is 11.6 Å². The molecule has 0 spiro atoms. The van der Waals surface area contributed by atoms with E-state index < -0.39 is 17.6 Å². The summed E-state index contributed by atoms with van der Waals surface area (Å²) in [6, 6.07) is 7.73. The summed E-state index contributed by atoms with van der Waals surface area (Å²) in [7, 11) is 0. The van der Waals surface area contributed by atoms with Gasteiger partial charge in [-0.15, -0.1) is 0 Å². The van der Waals surface area contributed by atoms with Crippen LogP contribution in [0.25, 0.3) is 0 Å². The minimum atomic E-state index is -1.67. The molecule has 1 amide bonds. The minimum Gasteiger partial charge on any atom is -0.375 e. The summed E-state index contributed by atoms with van der Waals surface area (Å²) in [5.74, 6) is -0.596. The molecule has 0 aromatic heterocycles. The third-order valence-corrected chi connectivity index (χ3v) is 2.97. The lowest BCUT2D eigenvalue weighted by molar-refractivity contribution is -0.141. The lowest BCUT2D eigenvalue weighted by atomic mass is 9.90. The van der Waals surface area contributed by atoms with Crippen LogP contribution in [0.3, 0.4) is 0 Å². The molecule has 18 heavy (non-hydrogen) atoms. The van der Waals surface area contributed by atoms with Crippen LogP contribution in [-0.4, -0.2) is 17.1 Å². The molecule has 0 aliphatic carbocycles. The molecule has 0 saturated heterocycles. The fourth-order valence-electron chi connectivity index (χ4n) is 1.59. The number of nitriles is 1. The summed E-state index contributed by atoms with van der Waals surface area (Å²) in [4.78, 5) is 12.0. The minimum absolute atomic E-state index is 0.192. The predicted octanol–water partition coefficient (Wildman–Crippen LogP) is 1.97. The molecule has 1 aromatic carbocycles. The number of carbonyl (C=O) groups excluding carboxylic acids is 1. The van der Waals surface area contributed by atoms with Gasteiger partial charge in [-0.05, 0) is 31.0 Å². The zero-order chi connectivity index (χ0) is 13.8. The molecule has 1 aromatic rings. The smallest absolute Gasteiger partial charge is 0.257 e. The van der Waals surface area contributed by atoms with Crippen molar-refractivity contribution in [3.8, 4) is 6.07 Å². The maximum atomic E-state index is 12.0. The molecule has 0 saturated carbocycles. The van der Waals surface area contributed by atoms with Crippen molar-refractivity contribution in [2.75, 3.05) is 0 Å². The molecule has 4 nitrogen and oxygen atoms in total. The van der Waals surface area contributed by atoms with Crippen LogP contribution < -0.4 is 5.32 Å². The van der Waals surface area contributed by atoms with Gasteiger partial charge in [0.1, 0.15) is 6.04 Å². The SMILES string of the molecule is CC[C@](O)(C(=O)N[C@@H](C)C#N)c1cccc(Cl)c1. The van der Waals surface area contributed by atoms with Gasteiger partial charge < -0.3 is 10.4 Å². The van der Waals surface area contributed by atoms with Crippen LogP contribution in [0, 0.1) is 11.3 Å². The first kappa shape index (κ1) is 14.5. The van der Waals surface area contributed by atoms with Crippen molar-refractivity contribution in [3.63, 3.8) is 0 Å². The van der Waals surface area contributed by atoms with Crippen LogP contribution in [0.1, 0.15) is 25.8 Å². The topological polar surface area (TPSA) is 73.1 Å². The molecule has 0 aliphatic rings. The Morgan fingerprint density at radius 2 is 2.33 bits per heavy atom. The maximum absolute atomic E-state index is 12.0. The summed E-state index contributed by atoms with van der Waals surface area (Å²) < 4.78 is 0. The molecule has 96 valence electrons. The summed E-state index contributed by atoms with van der Waals surface area (Å²) in [6.45, 7) is 3.24. The van der Waals surface area contributed by atoms with E-state index >= 15 is 0 Å². The second-order valence-electron chi connectivity index (χ2n) is 4.05. The Labute approximate surface area is 111 Å². The zero-order valence-electron chi connectivity index (χ0n) is 10.3. The zero-order valence-corrected chi connectivity index (χ0v) is 11.0. The fourth-order valence-corrected chi connectivity index (χ4v) is 1.78. The number of nitrogens with one attached hydrogen (secondary N) is 1. The van der Waals surface area contributed by atoms with E-state index in [-0.39, 0.29) is 6.42 Å². The Morgan fingerprint density at radius 1 is 1.67 bits per heavy atom. The Morgan fingerprint density at radius 3 is 2.83 bits per heavy atom. The third kappa shape index (κ3) is 3.00. The highest BCUT2D eigenvalue weighted by atomic mass is 35.5. The first-order valence-corrected chi connectivity index (χ1v) is 6.01. The van der Waals surface area contributed by atoms with Gasteiger partial charge in [-0.2, -0.15) is 5.26 Å². The Bertz CT molecular complexity index is 484. The van der Waals surface area contributed by atoms with E-state index in [9.17, 15) is 9.90 Å². The van der Waals surface area contributed by atoms with Crippen LogP contribution in [-0.2, 0) is 10.4 Å². The van der Waals surface area contributed by atoms with Crippen molar-refractivity contribution < 1.29 is 9.90 Å². The van der Waals surface area contributed by atoms with Crippen molar-refractivity contribution in [2.45, 2.75) is 31.9 Å². The fraction of sp³-hybridized carbons (Fsp3) is 0.385. The van der Waals surface area contributed by atoms with Crippen LogP contribution in [0.4, 0.5) is 0 Å². The monoisotopic (exact) mass is 266 g/mol. The van der Waals surface area contributed by atoms with Gasteiger partial charge in [0.15, 0.2) is 5.60 Å². The number of carbonyl (C=O) groups is 1. The van der Waals surface area contributed by atoms with Gasteiger partial charge in [0.2, 0.25) is 0 Å². The number of aliphatic hydroxyl groups is 1. The van der Waals surface area contributed by atoms with Gasteiger partial charge in [0.25, 0.3) is 5.91 Å². The lowest BCUT2D eigenvalue weighted by Gasteiger charge is -2.26. The second kappa shape index (κ2) is 5.85. The van der Waals surface area contributed by atoms with Gasteiger partial charge >= 0.3 is 0 Å². The Balaban J connectivity index is 3.06. The van der Waals surface area contributed by atoms with Crippen molar-refractivity contribution in [3.05, 3.63) is 34.9 Å². The standard InChI is InChI=1S/C13H15ClN2O2/c1-3-13(18,12(17)16-9(2)8-15)10-5-4-6-11(14)7-10/h4-7,9,18H,3H2,1-2H3,(H,16,17)/t9-,13+/m0/s1. The number of halogens is 1. The number of hydrogen-bond acceptors (Lipinski definition) is 3. The highest BCUT2D eigenvalue weighted by Crippen LogP contribution is 2.27. The molecule has 0 unspecified atom stereocenters. The molecule has 0 heterocycles. The highest BCUT2D eigenvalue weighted by Gasteiger charge is 2.36. The van der Waals surface area contributed by atoms with Gasteiger partial charge in [-0.1, -0.05) is 30.7 Å². The molecular formula is C13H15ClN2O2. The lowest BCUT2D eigenvalue weighted by Crippen LogP contribution is -2.47. The molecule has 0 bridgehead atoms. The van der Waals surface area contributed by atoms with Gasteiger partial charge in [0, 0.05) is 5.02 Å². The summed E-state index contributed by atoms with van der Waals surface area (Å²) in [5, 5.41) is 22.0. The molecule has 0 aliphatic heterocycles. The van der Waals surface area contributed by atoms with Crippen molar-refractivity contribution in [1.29, 1.82) is 5.26 Å². The molecular weight excluding hydrogens is 252 g/mol. The van der Waals surface area contributed by atoms with E-state index in [0.29, 0.717) is 10.6 Å². The van der Waals surface area contributed by atoms with Gasteiger partial charge in [0.05, 0.1) is 6.07 Å². The number of hydrogen-bond donors (Lipinski definition) is 2. The van der Waals surface area contributed by atoms with E-state index in [1.54, 1.807) is 38.1 Å². The Hall–Kier alpha value is -1.57. The molecule has 1 rings (SSSR count). The number of benzene rings is 1. The molecule has 5 heteroatoms. The van der Waals surface area contributed by atoms with Crippen LogP contribution in [0.15, 0.2) is 24.3 Å². The van der Waals surface area contributed by atoms with E-state index in [4.69, 9.17) is 16.9 Å². The van der Waals surface area contributed by atoms with Gasteiger partial charge in [-0.25, -0.2) is 0 Å². The average molecular weight is 267 g/mol.